The lowest BCUT2D eigenvalue weighted by molar-refractivity contribution is 0.0526. The average molecular weight is 421 g/mol. The van der Waals surface area contributed by atoms with Gasteiger partial charge < -0.3 is 14.0 Å². The van der Waals surface area contributed by atoms with Crippen molar-refractivity contribution in [3.8, 4) is 0 Å². The monoisotopic (exact) mass is 420 g/mol. The fraction of sp³-hybridized carbons (Fsp3) is 0.263. The molecular weight excluding hydrogens is 400 g/mol. The van der Waals surface area contributed by atoms with Crippen molar-refractivity contribution in [1.29, 1.82) is 0 Å². The normalized spacial score (nSPS) is 12.4. The number of fused-ring (bicyclic) bond motifs is 1. The third-order valence-electron chi connectivity index (χ3n) is 3.95. The molecule has 0 radical (unpaired) electrons. The van der Waals surface area contributed by atoms with E-state index in [1.165, 1.54) is 23.5 Å². The number of nitrogens with zero attached hydrogens (tertiary/aromatic N) is 2. The van der Waals surface area contributed by atoms with Crippen LogP contribution in [-0.2, 0) is 26.0 Å². The Hall–Kier alpha value is -2.49. The average Bonchev–Trinajstić information content (AvgIpc) is 3.02. The maximum atomic E-state index is 12.7. The Labute approximate surface area is 166 Å². The molecule has 0 saturated heterocycles. The molecule has 0 saturated carbocycles. The number of hydrogen-bond donors (Lipinski definition) is 0. The van der Waals surface area contributed by atoms with Gasteiger partial charge in [-0.15, -0.1) is 4.40 Å². The summed E-state index contributed by atoms with van der Waals surface area (Å²) in [6.07, 6.45) is 0. The van der Waals surface area contributed by atoms with E-state index in [2.05, 4.69) is 4.40 Å². The number of benzene rings is 2. The number of thiazole rings is 1. The minimum Gasteiger partial charge on any atom is -0.462 e. The molecule has 1 heterocycles. The number of rotatable bonds is 7. The molecule has 0 unspecified atom stereocenters. The van der Waals surface area contributed by atoms with Gasteiger partial charge in [-0.1, -0.05) is 29.5 Å². The second kappa shape index (κ2) is 8.68. The van der Waals surface area contributed by atoms with Gasteiger partial charge in [0.15, 0.2) is 0 Å². The van der Waals surface area contributed by atoms with E-state index < -0.39 is 16.0 Å². The van der Waals surface area contributed by atoms with Crippen molar-refractivity contribution in [2.24, 2.45) is 4.40 Å². The summed E-state index contributed by atoms with van der Waals surface area (Å²) in [5.41, 5.74) is 1.18. The van der Waals surface area contributed by atoms with Crippen LogP contribution in [0.15, 0.2) is 57.8 Å². The summed E-state index contributed by atoms with van der Waals surface area (Å²) in [5.74, 6) is -0.420. The Morgan fingerprint density at radius 3 is 2.61 bits per heavy atom. The van der Waals surface area contributed by atoms with E-state index in [1.54, 1.807) is 55.0 Å². The number of ether oxygens (including phenoxy) is 2. The molecule has 28 heavy (non-hydrogen) atoms. The van der Waals surface area contributed by atoms with Gasteiger partial charge in [0.2, 0.25) is 4.80 Å². The summed E-state index contributed by atoms with van der Waals surface area (Å²) < 4.78 is 42.1. The molecule has 0 aliphatic rings. The lowest BCUT2D eigenvalue weighted by atomic mass is 10.2. The Balaban J connectivity index is 2.16. The molecule has 9 heteroatoms. The van der Waals surface area contributed by atoms with Gasteiger partial charge in [-0.2, -0.15) is 8.42 Å². The highest BCUT2D eigenvalue weighted by Crippen LogP contribution is 2.21. The van der Waals surface area contributed by atoms with Gasteiger partial charge >= 0.3 is 5.97 Å². The van der Waals surface area contributed by atoms with Gasteiger partial charge in [0.25, 0.3) is 10.0 Å². The minimum atomic E-state index is -3.86. The van der Waals surface area contributed by atoms with Crippen LogP contribution in [0.5, 0.6) is 0 Å². The zero-order valence-corrected chi connectivity index (χ0v) is 17.1. The quantitative estimate of drug-likeness (QED) is 0.549. The predicted molar refractivity (Wildman–Crippen MR) is 107 cm³/mol. The Morgan fingerprint density at radius 1 is 1.18 bits per heavy atom. The second-order valence-electron chi connectivity index (χ2n) is 5.81. The van der Waals surface area contributed by atoms with Crippen LogP contribution in [0.4, 0.5) is 0 Å². The molecule has 0 spiro atoms. The van der Waals surface area contributed by atoms with E-state index in [0.29, 0.717) is 23.5 Å². The van der Waals surface area contributed by atoms with Crippen LogP contribution in [-0.4, -0.2) is 39.3 Å². The van der Waals surface area contributed by atoms with Gasteiger partial charge in [0.1, 0.15) is 0 Å². The summed E-state index contributed by atoms with van der Waals surface area (Å²) >= 11 is 1.20. The predicted octanol–water partition coefficient (Wildman–Crippen LogP) is 2.82. The first-order valence-electron chi connectivity index (χ1n) is 8.61. The molecule has 1 aromatic heterocycles. The van der Waals surface area contributed by atoms with Crippen molar-refractivity contribution < 1.29 is 22.7 Å². The fourth-order valence-corrected chi connectivity index (χ4v) is 4.95. The molecule has 0 aliphatic carbocycles. The fourth-order valence-electron chi connectivity index (χ4n) is 2.63. The molecule has 3 aromatic rings. The van der Waals surface area contributed by atoms with Crippen LogP contribution in [0.2, 0.25) is 0 Å². The first-order valence-corrected chi connectivity index (χ1v) is 10.9. The number of hydrogen-bond acceptors (Lipinski definition) is 6. The third kappa shape index (κ3) is 4.32. The van der Waals surface area contributed by atoms with E-state index in [0.717, 1.165) is 10.2 Å². The molecule has 0 atom stereocenters. The van der Waals surface area contributed by atoms with Gasteiger partial charge in [0.05, 0.1) is 33.9 Å². The Kier molecular flexibility index (Phi) is 6.28. The maximum Gasteiger partial charge on any atom is 0.338 e. The van der Waals surface area contributed by atoms with Gasteiger partial charge in [-0.05, 0) is 37.3 Å². The molecule has 148 valence electrons. The third-order valence-corrected chi connectivity index (χ3v) is 6.39. The molecular formula is C19H20N2O5S2. The van der Waals surface area contributed by atoms with E-state index in [4.69, 9.17) is 9.47 Å². The number of aromatic nitrogens is 1. The molecule has 0 aliphatic heterocycles. The number of methoxy groups -OCH3 is 1. The molecule has 0 N–H and O–H groups in total. The maximum absolute atomic E-state index is 12.7. The smallest absolute Gasteiger partial charge is 0.338 e. The first-order chi connectivity index (χ1) is 13.5. The SMILES string of the molecule is CCOC(=O)c1ccc2c(c1)sc(=NS(=O)(=O)c1ccccc1)n2CCOC. The molecule has 2 aromatic carbocycles. The summed E-state index contributed by atoms with van der Waals surface area (Å²) in [4.78, 5) is 12.4. The molecule has 0 bridgehead atoms. The zero-order valence-electron chi connectivity index (χ0n) is 15.5. The summed E-state index contributed by atoms with van der Waals surface area (Å²) in [5, 5.41) is 0. The lowest BCUT2D eigenvalue weighted by Gasteiger charge is -2.05. The second-order valence-corrected chi connectivity index (χ2v) is 8.42. The van der Waals surface area contributed by atoms with Crippen molar-refractivity contribution in [3.05, 3.63) is 58.9 Å². The minimum absolute atomic E-state index is 0.123. The number of esters is 1. The molecule has 7 nitrogen and oxygen atoms in total. The standard InChI is InChI=1S/C19H20N2O5S2/c1-3-26-18(22)14-9-10-16-17(13-14)27-19(21(16)11-12-25-2)20-28(23,24)15-7-5-4-6-8-15/h4-10,13H,3,11-12H2,1-2H3. The molecule has 0 amide bonds. The first kappa shape index (κ1) is 20.2. The van der Waals surface area contributed by atoms with Crippen LogP contribution < -0.4 is 4.80 Å². The Morgan fingerprint density at radius 2 is 1.93 bits per heavy atom. The summed E-state index contributed by atoms with van der Waals surface area (Å²) in [6.45, 7) is 2.85. The van der Waals surface area contributed by atoms with Crippen molar-refractivity contribution in [1.82, 2.24) is 4.57 Å². The lowest BCUT2D eigenvalue weighted by Crippen LogP contribution is -2.19. The highest BCUT2D eigenvalue weighted by Gasteiger charge is 2.16. The van der Waals surface area contributed by atoms with E-state index in [-0.39, 0.29) is 11.5 Å². The van der Waals surface area contributed by atoms with Gasteiger partial charge in [-0.25, -0.2) is 4.79 Å². The molecule has 0 fully saturated rings. The van der Waals surface area contributed by atoms with Crippen LogP contribution in [0.1, 0.15) is 17.3 Å². The van der Waals surface area contributed by atoms with Crippen molar-refractivity contribution >= 4 is 37.5 Å². The van der Waals surface area contributed by atoms with Crippen LogP contribution in [0, 0.1) is 0 Å². The van der Waals surface area contributed by atoms with E-state index in [9.17, 15) is 13.2 Å². The summed E-state index contributed by atoms with van der Waals surface area (Å²) in [6, 6.07) is 13.2. The number of sulfonamides is 1. The topological polar surface area (TPSA) is 87.0 Å². The highest BCUT2D eigenvalue weighted by molar-refractivity contribution is 7.90. The van der Waals surface area contributed by atoms with Crippen LogP contribution in [0.3, 0.4) is 0 Å². The van der Waals surface area contributed by atoms with Crippen molar-refractivity contribution in [2.45, 2.75) is 18.4 Å². The van der Waals surface area contributed by atoms with E-state index in [1.807, 2.05) is 0 Å². The van der Waals surface area contributed by atoms with Crippen LogP contribution >= 0.6 is 11.3 Å². The largest absolute Gasteiger partial charge is 0.462 e. The zero-order chi connectivity index (χ0) is 20.1. The van der Waals surface area contributed by atoms with Crippen LogP contribution in [0.25, 0.3) is 10.2 Å². The Bertz CT molecular complexity index is 1150. The molecule has 3 rings (SSSR count). The van der Waals surface area contributed by atoms with Gasteiger partial charge in [0, 0.05) is 13.7 Å². The number of carbonyl (C=O) groups is 1. The summed E-state index contributed by atoms with van der Waals surface area (Å²) in [7, 11) is -2.29. The van der Waals surface area contributed by atoms with E-state index >= 15 is 0 Å². The van der Waals surface area contributed by atoms with Gasteiger partial charge in [-0.3, -0.25) is 0 Å². The van der Waals surface area contributed by atoms with Crippen molar-refractivity contribution in [2.75, 3.05) is 20.3 Å². The number of carbonyl (C=O) groups excluding carboxylic acids is 1. The van der Waals surface area contributed by atoms with Crippen molar-refractivity contribution in [3.63, 3.8) is 0 Å². The highest BCUT2D eigenvalue weighted by atomic mass is 32.2.